The predicted molar refractivity (Wildman–Crippen MR) is 152 cm³/mol. The normalized spacial score (nSPS) is 18.5. The maximum Gasteiger partial charge on any atom is 0.318 e. The number of benzene rings is 2. The number of phenols is 1. The van der Waals surface area contributed by atoms with E-state index in [1.165, 1.54) is 6.08 Å². The maximum absolute atomic E-state index is 12.0. The molecule has 0 unspecified atom stereocenters. The van der Waals surface area contributed by atoms with Crippen molar-refractivity contribution in [2.45, 2.75) is 26.0 Å². The number of likely N-dealkylation sites (N-methyl/N-ethyl adjacent to an activating group) is 1. The van der Waals surface area contributed by atoms with Crippen LogP contribution in [0, 0.1) is 5.41 Å². The van der Waals surface area contributed by atoms with E-state index >= 15 is 0 Å². The summed E-state index contributed by atoms with van der Waals surface area (Å²) in [6.45, 7) is 11.1. The molecule has 2 fully saturated rings. The number of likely N-dealkylation sites (tertiary alicyclic amines) is 1. The third-order valence-electron chi connectivity index (χ3n) is 8.01. The fourth-order valence-corrected chi connectivity index (χ4v) is 6.34. The van der Waals surface area contributed by atoms with Gasteiger partial charge in [0.1, 0.15) is 17.7 Å². The molecule has 9 heteroatoms. The zero-order valence-corrected chi connectivity index (χ0v) is 22.9. The molecular weight excluding hydrogens is 492 g/mol. The first-order valence-electron chi connectivity index (χ1n) is 13.6. The average Bonchev–Trinajstić information content (AvgIpc) is 2.85. The molecule has 9 nitrogen and oxygen atoms in total. The van der Waals surface area contributed by atoms with Gasteiger partial charge in [-0.05, 0) is 45.0 Å². The Balaban J connectivity index is 1.29. The summed E-state index contributed by atoms with van der Waals surface area (Å²) in [5.41, 5.74) is 3.26. The van der Waals surface area contributed by atoms with E-state index in [2.05, 4.69) is 27.3 Å². The van der Waals surface area contributed by atoms with E-state index in [0.29, 0.717) is 12.6 Å². The molecule has 6 rings (SSSR count). The van der Waals surface area contributed by atoms with E-state index in [1.807, 2.05) is 50.2 Å². The molecule has 3 aliphatic rings. The fourth-order valence-electron chi connectivity index (χ4n) is 6.34. The highest BCUT2D eigenvalue weighted by molar-refractivity contribution is 5.95. The van der Waals surface area contributed by atoms with Crippen LogP contribution in [0.2, 0.25) is 0 Å². The van der Waals surface area contributed by atoms with Gasteiger partial charge in [-0.15, -0.1) is 0 Å². The van der Waals surface area contributed by atoms with Crippen molar-refractivity contribution >= 4 is 28.2 Å². The van der Waals surface area contributed by atoms with Crippen LogP contribution in [0.5, 0.6) is 11.8 Å². The Morgan fingerprint density at radius 1 is 1.18 bits per heavy atom. The Bertz CT molecular complexity index is 1430. The monoisotopic (exact) mass is 528 g/mol. The van der Waals surface area contributed by atoms with Crippen molar-refractivity contribution in [3.8, 4) is 11.8 Å². The van der Waals surface area contributed by atoms with E-state index in [9.17, 15) is 9.90 Å². The van der Waals surface area contributed by atoms with Crippen molar-refractivity contribution in [3.63, 3.8) is 0 Å². The lowest BCUT2D eigenvalue weighted by Crippen LogP contribution is -2.73. The number of aromatic hydroxyl groups is 1. The van der Waals surface area contributed by atoms with Gasteiger partial charge >= 0.3 is 6.01 Å². The van der Waals surface area contributed by atoms with Gasteiger partial charge in [-0.2, -0.15) is 9.97 Å². The molecule has 0 radical (unpaired) electrons. The highest BCUT2D eigenvalue weighted by Crippen LogP contribution is 2.44. The van der Waals surface area contributed by atoms with Crippen LogP contribution in [0.1, 0.15) is 18.2 Å². The van der Waals surface area contributed by atoms with Gasteiger partial charge < -0.3 is 29.4 Å². The number of nitrogens with zero attached hydrogens (tertiary/aromatic N) is 6. The number of aromatic nitrogens is 2. The summed E-state index contributed by atoms with van der Waals surface area (Å²) in [7, 11) is 4.05. The predicted octanol–water partition coefficient (Wildman–Crippen LogP) is 3.06. The van der Waals surface area contributed by atoms with Gasteiger partial charge in [0, 0.05) is 67.4 Å². The lowest BCUT2D eigenvalue weighted by molar-refractivity contribution is -0.139. The van der Waals surface area contributed by atoms with Crippen LogP contribution in [0.25, 0.3) is 10.8 Å². The number of phenolic OH excluding ortho intramolecular Hbond substituents is 1. The largest absolute Gasteiger partial charge is 0.508 e. The van der Waals surface area contributed by atoms with Crippen LogP contribution in [-0.2, 0) is 17.8 Å². The van der Waals surface area contributed by atoms with Crippen molar-refractivity contribution in [2.75, 3.05) is 63.2 Å². The quantitative estimate of drug-likeness (QED) is 0.469. The molecule has 2 aromatic carbocycles. The van der Waals surface area contributed by atoms with Crippen LogP contribution in [0.4, 0.5) is 11.5 Å². The molecular formula is C30H36N6O3. The summed E-state index contributed by atoms with van der Waals surface area (Å²) < 4.78 is 6.22. The molecule has 2 saturated heterocycles. The number of fused-ring (bicyclic) bond motifs is 2. The number of carbonyl (C=O) groups is 1. The fraction of sp³-hybridized carbons (Fsp3) is 0.433. The molecule has 39 heavy (non-hydrogen) atoms. The molecule has 1 atom stereocenters. The molecule has 1 aromatic heterocycles. The Morgan fingerprint density at radius 2 is 1.95 bits per heavy atom. The van der Waals surface area contributed by atoms with E-state index in [0.717, 1.165) is 79.2 Å². The second-order valence-corrected chi connectivity index (χ2v) is 11.6. The van der Waals surface area contributed by atoms with E-state index in [1.54, 1.807) is 6.07 Å². The molecule has 3 aromatic rings. The zero-order valence-electron chi connectivity index (χ0n) is 22.9. The first kappa shape index (κ1) is 25.4. The zero-order chi connectivity index (χ0) is 27.3. The molecule has 4 heterocycles. The Labute approximate surface area is 229 Å². The topological polar surface area (TPSA) is 85.3 Å². The highest BCUT2D eigenvalue weighted by atomic mass is 16.5. The third kappa shape index (κ3) is 4.76. The van der Waals surface area contributed by atoms with Gasteiger partial charge in [0.25, 0.3) is 0 Å². The van der Waals surface area contributed by atoms with Gasteiger partial charge in [0.05, 0.1) is 12.2 Å². The summed E-state index contributed by atoms with van der Waals surface area (Å²) >= 11 is 0. The first-order valence-corrected chi connectivity index (χ1v) is 13.6. The summed E-state index contributed by atoms with van der Waals surface area (Å²) in [6.07, 6.45) is 2.13. The Hall–Kier alpha value is -3.85. The van der Waals surface area contributed by atoms with Crippen molar-refractivity contribution in [1.82, 2.24) is 19.8 Å². The number of ether oxygens (including phenoxy) is 1. The second kappa shape index (κ2) is 9.72. The minimum Gasteiger partial charge on any atom is -0.508 e. The number of anilines is 2. The molecule has 1 spiro atoms. The van der Waals surface area contributed by atoms with Gasteiger partial charge in [-0.1, -0.05) is 30.8 Å². The van der Waals surface area contributed by atoms with Crippen LogP contribution >= 0.6 is 0 Å². The Kier molecular flexibility index (Phi) is 6.33. The molecule has 0 saturated carbocycles. The number of carbonyl (C=O) groups excluding carboxylic acids is 1. The van der Waals surface area contributed by atoms with Crippen LogP contribution in [0.3, 0.4) is 0 Å². The second-order valence-electron chi connectivity index (χ2n) is 11.6. The molecule has 1 amide bonds. The lowest BCUT2D eigenvalue weighted by Gasteiger charge is -2.60. The molecule has 0 bridgehead atoms. The van der Waals surface area contributed by atoms with Gasteiger partial charge in [0.15, 0.2) is 0 Å². The van der Waals surface area contributed by atoms with Crippen molar-refractivity contribution in [1.29, 1.82) is 0 Å². The minimum absolute atomic E-state index is 0.00335. The van der Waals surface area contributed by atoms with Gasteiger partial charge in [-0.25, -0.2) is 0 Å². The molecule has 204 valence electrons. The summed E-state index contributed by atoms with van der Waals surface area (Å²) in [5, 5.41) is 12.6. The number of rotatable bonds is 7. The van der Waals surface area contributed by atoms with E-state index in [4.69, 9.17) is 14.7 Å². The molecule has 3 aliphatic heterocycles. The third-order valence-corrected chi connectivity index (χ3v) is 8.01. The minimum atomic E-state index is -0.0616. The van der Waals surface area contributed by atoms with E-state index in [-0.39, 0.29) is 23.2 Å². The first-order chi connectivity index (χ1) is 18.7. The smallest absolute Gasteiger partial charge is 0.318 e. The van der Waals surface area contributed by atoms with Gasteiger partial charge in [0.2, 0.25) is 5.91 Å². The van der Waals surface area contributed by atoms with Gasteiger partial charge in [-0.3, -0.25) is 4.79 Å². The maximum atomic E-state index is 12.0. The average molecular weight is 529 g/mol. The van der Waals surface area contributed by atoms with Crippen molar-refractivity contribution in [2.24, 2.45) is 5.41 Å². The number of hydrogen-bond donors (Lipinski definition) is 1. The van der Waals surface area contributed by atoms with Crippen LogP contribution in [0.15, 0.2) is 49.1 Å². The molecule has 0 aliphatic carbocycles. The highest BCUT2D eigenvalue weighted by Gasteiger charge is 2.53. The number of hydrogen-bond acceptors (Lipinski definition) is 8. The van der Waals surface area contributed by atoms with Crippen molar-refractivity contribution < 1.29 is 14.6 Å². The Morgan fingerprint density at radius 3 is 2.69 bits per heavy atom. The summed E-state index contributed by atoms with van der Waals surface area (Å²) in [6, 6.07) is 12.2. The standard InChI is InChI=1S/C30H36N6O3/c1-5-27(38)35-16-30(17-35)18-36(19-30)28-24-10-11-34(26-13-22(37)12-21-8-6-7-9-23(21)26)15-25(24)31-29(32-28)39-20(2)14-33(3)4/h5-9,12-13,20,37H,1,10-11,14-19H2,2-4H3/t20-/m1/s1. The summed E-state index contributed by atoms with van der Waals surface area (Å²) in [4.78, 5) is 30.4. The van der Waals surface area contributed by atoms with Crippen LogP contribution in [-0.4, -0.2) is 90.2 Å². The molecule has 1 N–H and O–H groups in total. The van der Waals surface area contributed by atoms with Crippen molar-refractivity contribution in [3.05, 3.63) is 60.3 Å². The lowest BCUT2D eigenvalue weighted by atomic mass is 9.72. The van der Waals surface area contributed by atoms with Crippen LogP contribution < -0.4 is 14.5 Å². The SMILES string of the molecule is C=CC(=O)N1CC2(C1)CN(c1nc(O[C@H](C)CN(C)C)nc3c1CCN(c1cc(O)cc4ccccc14)C3)C2. The number of amides is 1. The van der Waals surface area contributed by atoms with E-state index < -0.39 is 0 Å². The summed E-state index contributed by atoms with van der Waals surface area (Å²) in [5.74, 6) is 1.21.